The summed E-state index contributed by atoms with van der Waals surface area (Å²) >= 11 is 0. The summed E-state index contributed by atoms with van der Waals surface area (Å²) in [6, 6.07) is 5.76. The quantitative estimate of drug-likeness (QED) is 0.642. The number of nitrogens with one attached hydrogen (secondary N) is 1. The van der Waals surface area contributed by atoms with Gasteiger partial charge in [-0.15, -0.1) is 0 Å². The van der Waals surface area contributed by atoms with Crippen LogP contribution in [-0.4, -0.2) is 23.1 Å². The highest BCUT2D eigenvalue weighted by atomic mass is 16.6. The first-order chi connectivity index (χ1) is 9.84. The minimum Gasteiger partial charge on any atom is -0.490 e. The van der Waals surface area contributed by atoms with Gasteiger partial charge in [-0.1, -0.05) is 0 Å². The van der Waals surface area contributed by atoms with E-state index < -0.39 is 10.5 Å². The number of aryl methyl sites for hydroxylation is 2. The highest BCUT2D eigenvalue weighted by molar-refractivity contribution is 5.49. The van der Waals surface area contributed by atoms with Gasteiger partial charge in [0.15, 0.2) is 0 Å². The molecule has 1 aliphatic rings. The van der Waals surface area contributed by atoms with Crippen molar-refractivity contribution in [2.24, 2.45) is 0 Å². The number of rotatable bonds is 6. The third-order valence-electron chi connectivity index (χ3n) is 3.55. The van der Waals surface area contributed by atoms with Gasteiger partial charge in [-0.05, 0) is 45.2 Å². The molecule has 6 heteroatoms. The zero-order valence-corrected chi connectivity index (χ0v) is 12.5. The van der Waals surface area contributed by atoms with Crippen LogP contribution in [0.2, 0.25) is 0 Å². The number of nitro groups is 1. The van der Waals surface area contributed by atoms with Gasteiger partial charge in [-0.3, -0.25) is 15.4 Å². The molecule has 0 radical (unpaired) electrons. The first kappa shape index (κ1) is 15.3. The SMILES string of the molecule is Cc1cc(C)c([N+](=O)[O-])cc1OCC(C)(C#N)NC1CC1. The van der Waals surface area contributed by atoms with Crippen molar-refractivity contribution in [3.05, 3.63) is 33.4 Å². The molecule has 1 aromatic rings. The van der Waals surface area contributed by atoms with Crippen molar-refractivity contribution in [3.63, 3.8) is 0 Å². The number of hydrogen-bond acceptors (Lipinski definition) is 5. The normalized spacial score (nSPS) is 16.9. The fourth-order valence-electron chi connectivity index (χ4n) is 2.18. The minimum atomic E-state index is -0.784. The molecule has 0 bridgehead atoms. The molecule has 0 heterocycles. The van der Waals surface area contributed by atoms with Gasteiger partial charge in [0.05, 0.1) is 17.1 Å². The van der Waals surface area contributed by atoms with Crippen molar-refractivity contribution in [1.82, 2.24) is 5.32 Å². The highest BCUT2D eigenvalue weighted by Crippen LogP contribution is 2.29. The lowest BCUT2D eigenvalue weighted by Crippen LogP contribution is -2.47. The molecule has 0 spiro atoms. The second-order valence-electron chi connectivity index (χ2n) is 5.81. The summed E-state index contributed by atoms with van der Waals surface area (Å²) in [6.45, 7) is 5.47. The summed E-state index contributed by atoms with van der Waals surface area (Å²) in [5, 5.41) is 23.5. The van der Waals surface area contributed by atoms with Gasteiger partial charge >= 0.3 is 0 Å². The lowest BCUT2D eigenvalue weighted by molar-refractivity contribution is -0.385. The van der Waals surface area contributed by atoms with Gasteiger partial charge in [-0.2, -0.15) is 5.26 Å². The van der Waals surface area contributed by atoms with Crippen molar-refractivity contribution in [3.8, 4) is 11.8 Å². The Kier molecular flexibility index (Phi) is 4.14. The first-order valence-corrected chi connectivity index (χ1v) is 6.92. The van der Waals surface area contributed by atoms with Crippen LogP contribution in [0.5, 0.6) is 5.75 Å². The van der Waals surface area contributed by atoms with E-state index in [0.29, 0.717) is 17.4 Å². The lowest BCUT2D eigenvalue weighted by atomic mass is 10.1. The third-order valence-corrected chi connectivity index (χ3v) is 3.55. The van der Waals surface area contributed by atoms with E-state index in [9.17, 15) is 15.4 Å². The lowest BCUT2D eigenvalue weighted by Gasteiger charge is -2.24. The predicted molar refractivity (Wildman–Crippen MR) is 78.2 cm³/mol. The number of nitrogens with zero attached hydrogens (tertiary/aromatic N) is 2. The summed E-state index contributed by atoms with van der Waals surface area (Å²) in [7, 11) is 0. The second kappa shape index (κ2) is 5.70. The van der Waals surface area contributed by atoms with Gasteiger partial charge in [0.2, 0.25) is 0 Å². The van der Waals surface area contributed by atoms with Crippen LogP contribution in [0, 0.1) is 35.3 Å². The van der Waals surface area contributed by atoms with Crippen LogP contribution in [0.3, 0.4) is 0 Å². The number of nitriles is 1. The van der Waals surface area contributed by atoms with E-state index in [1.807, 2.05) is 6.92 Å². The number of ether oxygens (including phenoxy) is 1. The van der Waals surface area contributed by atoms with E-state index in [-0.39, 0.29) is 12.3 Å². The van der Waals surface area contributed by atoms with E-state index in [2.05, 4.69) is 11.4 Å². The fourth-order valence-corrected chi connectivity index (χ4v) is 2.18. The number of nitro benzene ring substituents is 1. The average molecular weight is 289 g/mol. The topological polar surface area (TPSA) is 88.2 Å². The molecular weight excluding hydrogens is 270 g/mol. The molecule has 21 heavy (non-hydrogen) atoms. The van der Waals surface area contributed by atoms with Gasteiger partial charge in [-0.25, -0.2) is 0 Å². The average Bonchev–Trinajstić information content (AvgIpc) is 3.21. The molecule has 112 valence electrons. The molecule has 0 aromatic heterocycles. The van der Waals surface area contributed by atoms with E-state index in [4.69, 9.17) is 4.74 Å². The van der Waals surface area contributed by atoms with Crippen molar-refractivity contribution in [2.45, 2.75) is 45.2 Å². The van der Waals surface area contributed by atoms with E-state index in [0.717, 1.165) is 18.4 Å². The Morgan fingerprint density at radius 3 is 2.67 bits per heavy atom. The largest absolute Gasteiger partial charge is 0.490 e. The molecule has 2 rings (SSSR count). The Morgan fingerprint density at radius 1 is 1.48 bits per heavy atom. The minimum absolute atomic E-state index is 0.0319. The third kappa shape index (κ3) is 3.70. The van der Waals surface area contributed by atoms with Gasteiger partial charge in [0, 0.05) is 11.6 Å². The van der Waals surface area contributed by atoms with Crippen LogP contribution in [0.15, 0.2) is 12.1 Å². The van der Waals surface area contributed by atoms with Gasteiger partial charge < -0.3 is 4.74 Å². The summed E-state index contributed by atoms with van der Waals surface area (Å²) < 4.78 is 5.68. The van der Waals surface area contributed by atoms with Crippen LogP contribution >= 0.6 is 0 Å². The van der Waals surface area contributed by atoms with Crippen LogP contribution in [-0.2, 0) is 0 Å². The molecule has 1 atom stereocenters. The molecule has 1 N–H and O–H groups in total. The Bertz CT molecular complexity index is 605. The molecule has 1 unspecified atom stereocenters. The molecule has 0 saturated heterocycles. The molecular formula is C15H19N3O3. The van der Waals surface area contributed by atoms with E-state index >= 15 is 0 Å². The number of benzene rings is 1. The predicted octanol–water partition coefficient (Wildman–Crippen LogP) is 2.62. The van der Waals surface area contributed by atoms with E-state index in [1.54, 1.807) is 19.9 Å². The van der Waals surface area contributed by atoms with Gasteiger partial charge in [0.1, 0.15) is 17.9 Å². The van der Waals surface area contributed by atoms with Crippen LogP contribution in [0.1, 0.15) is 30.9 Å². The van der Waals surface area contributed by atoms with E-state index in [1.165, 1.54) is 6.07 Å². The zero-order chi connectivity index (χ0) is 15.6. The Hall–Kier alpha value is -2.13. The van der Waals surface area contributed by atoms with Crippen LogP contribution in [0.4, 0.5) is 5.69 Å². The Balaban J connectivity index is 2.13. The Labute approximate surface area is 123 Å². The smallest absolute Gasteiger partial charge is 0.276 e. The maximum atomic E-state index is 11.0. The first-order valence-electron chi connectivity index (χ1n) is 6.92. The van der Waals surface area contributed by atoms with Crippen molar-refractivity contribution in [1.29, 1.82) is 5.26 Å². The number of hydrogen-bond donors (Lipinski definition) is 1. The standard InChI is InChI=1S/C15H19N3O3/c1-10-6-11(2)14(7-13(10)18(19)20)21-9-15(3,8-16)17-12-4-5-12/h6-7,12,17H,4-5,9H2,1-3H3. The molecule has 1 aliphatic carbocycles. The second-order valence-corrected chi connectivity index (χ2v) is 5.81. The van der Waals surface area contributed by atoms with Crippen molar-refractivity contribution in [2.75, 3.05) is 6.61 Å². The Morgan fingerprint density at radius 2 is 2.14 bits per heavy atom. The van der Waals surface area contributed by atoms with Crippen molar-refractivity contribution < 1.29 is 9.66 Å². The van der Waals surface area contributed by atoms with Gasteiger partial charge in [0.25, 0.3) is 5.69 Å². The molecule has 6 nitrogen and oxygen atoms in total. The molecule has 1 aromatic carbocycles. The van der Waals surface area contributed by atoms with Crippen molar-refractivity contribution >= 4 is 5.69 Å². The summed E-state index contributed by atoms with van der Waals surface area (Å²) in [5.74, 6) is 0.450. The molecule has 0 amide bonds. The molecule has 0 aliphatic heterocycles. The summed E-state index contributed by atoms with van der Waals surface area (Å²) in [6.07, 6.45) is 2.15. The summed E-state index contributed by atoms with van der Waals surface area (Å²) in [5.41, 5.74) is 0.672. The summed E-state index contributed by atoms with van der Waals surface area (Å²) in [4.78, 5) is 10.6. The van der Waals surface area contributed by atoms with Crippen LogP contribution < -0.4 is 10.1 Å². The fraction of sp³-hybridized carbons (Fsp3) is 0.533. The monoisotopic (exact) mass is 289 g/mol. The molecule has 1 fully saturated rings. The van der Waals surface area contributed by atoms with Crippen LogP contribution in [0.25, 0.3) is 0 Å². The maximum absolute atomic E-state index is 11.0. The highest BCUT2D eigenvalue weighted by Gasteiger charge is 2.33. The zero-order valence-electron chi connectivity index (χ0n) is 12.5. The maximum Gasteiger partial charge on any atom is 0.276 e. The molecule has 1 saturated carbocycles.